The number of nitrogens with zero attached hydrogens (tertiary/aromatic N) is 3. The third kappa shape index (κ3) is 3.28. The van der Waals surface area contributed by atoms with Crippen molar-refractivity contribution >= 4 is 5.91 Å². The van der Waals surface area contributed by atoms with Crippen molar-refractivity contribution in [2.24, 2.45) is 11.8 Å². The molecule has 0 spiro atoms. The van der Waals surface area contributed by atoms with Crippen LogP contribution in [0, 0.1) is 25.7 Å². The van der Waals surface area contributed by atoms with Crippen LogP contribution in [0.2, 0.25) is 0 Å². The summed E-state index contributed by atoms with van der Waals surface area (Å²) in [6.45, 7) is 9.50. The molecule has 0 unspecified atom stereocenters. The van der Waals surface area contributed by atoms with Crippen molar-refractivity contribution in [3.63, 3.8) is 0 Å². The minimum Gasteiger partial charge on any atom is -0.496 e. The van der Waals surface area contributed by atoms with Gasteiger partial charge in [0.25, 0.3) is 0 Å². The predicted octanol–water partition coefficient (Wildman–Crippen LogP) is 3.36. The first-order valence-corrected chi connectivity index (χ1v) is 10.0. The lowest BCUT2D eigenvalue weighted by molar-refractivity contribution is -0.130. The van der Waals surface area contributed by atoms with Crippen LogP contribution in [0.25, 0.3) is 0 Å². The Bertz CT molecular complexity index is 868. The molecule has 2 aliphatic rings. The van der Waals surface area contributed by atoms with Gasteiger partial charge in [0.15, 0.2) is 0 Å². The molecule has 0 radical (unpaired) electrons. The highest BCUT2D eigenvalue weighted by Gasteiger charge is 2.48. The Labute approximate surface area is 167 Å². The Morgan fingerprint density at radius 3 is 2.61 bits per heavy atom. The fourth-order valence-corrected chi connectivity index (χ4v) is 5.11. The van der Waals surface area contributed by atoms with Crippen LogP contribution in [0.15, 0.2) is 36.5 Å². The van der Waals surface area contributed by atoms with Crippen molar-refractivity contribution in [3.8, 4) is 5.75 Å². The third-order valence-electron chi connectivity index (χ3n) is 6.41. The molecular formula is C23H29N3O2. The number of hydrogen-bond donors (Lipinski definition) is 0. The van der Waals surface area contributed by atoms with Crippen molar-refractivity contribution in [2.45, 2.75) is 33.4 Å². The van der Waals surface area contributed by atoms with E-state index in [1.807, 2.05) is 19.2 Å². The number of methoxy groups -OCH3 is 1. The van der Waals surface area contributed by atoms with E-state index in [4.69, 9.17) is 4.74 Å². The number of carbonyl (C=O) groups is 1. The Morgan fingerprint density at radius 2 is 1.93 bits per heavy atom. The standard InChI is InChI=1S/C23H29N3O2/c1-15-10-24-21(16(2)23(15)28-4)14-25-11-19-12-26(17(3)27)22(20(19)13-25)18-8-6-5-7-9-18/h5-10,19-20,22H,11-14H2,1-4H3/t19-,20-,22+/m1/s1. The molecule has 2 aliphatic heterocycles. The van der Waals surface area contributed by atoms with Gasteiger partial charge < -0.3 is 9.64 Å². The molecule has 4 rings (SSSR count). The summed E-state index contributed by atoms with van der Waals surface area (Å²) in [5.74, 6) is 2.10. The average Bonchev–Trinajstić information content (AvgIpc) is 3.22. The second-order valence-corrected chi connectivity index (χ2v) is 8.19. The van der Waals surface area contributed by atoms with Crippen LogP contribution >= 0.6 is 0 Å². The molecule has 5 heteroatoms. The average molecular weight is 380 g/mol. The topological polar surface area (TPSA) is 45.7 Å². The van der Waals surface area contributed by atoms with Gasteiger partial charge >= 0.3 is 0 Å². The minimum absolute atomic E-state index is 0.176. The first kappa shape index (κ1) is 18.9. The van der Waals surface area contributed by atoms with Crippen LogP contribution in [0.4, 0.5) is 0 Å². The van der Waals surface area contributed by atoms with E-state index in [-0.39, 0.29) is 11.9 Å². The lowest BCUT2D eigenvalue weighted by Gasteiger charge is -2.29. The molecule has 1 aromatic carbocycles. The van der Waals surface area contributed by atoms with Gasteiger partial charge in [0.2, 0.25) is 5.91 Å². The van der Waals surface area contributed by atoms with Crippen LogP contribution in [0.5, 0.6) is 5.75 Å². The fourth-order valence-electron chi connectivity index (χ4n) is 5.11. The SMILES string of the molecule is COc1c(C)cnc(CN2C[C@@H]3CN(C(C)=O)[C@@H](c4ccccc4)[C@@H]3C2)c1C. The Kier molecular flexibility index (Phi) is 5.11. The molecule has 0 bridgehead atoms. The van der Waals surface area contributed by atoms with Crippen molar-refractivity contribution in [1.82, 2.24) is 14.8 Å². The third-order valence-corrected chi connectivity index (χ3v) is 6.41. The molecule has 28 heavy (non-hydrogen) atoms. The highest BCUT2D eigenvalue weighted by atomic mass is 16.5. The number of hydrogen-bond acceptors (Lipinski definition) is 4. The monoisotopic (exact) mass is 379 g/mol. The molecule has 2 saturated heterocycles. The number of ether oxygens (including phenoxy) is 1. The minimum atomic E-state index is 0.176. The molecule has 3 atom stereocenters. The lowest BCUT2D eigenvalue weighted by atomic mass is 9.89. The van der Waals surface area contributed by atoms with Crippen molar-refractivity contribution < 1.29 is 9.53 Å². The molecule has 1 aromatic heterocycles. The normalized spacial score (nSPS) is 24.4. The zero-order chi connectivity index (χ0) is 19.8. The van der Waals surface area contributed by atoms with Gasteiger partial charge in [0.1, 0.15) is 5.75 Å². The summed E-state index contributed by atoms with van der Waals surface area (Å²) < 4.78 is 5.57. The summed E-state index contributed by atoms with van der Waals surface area (Å²) >= 11 is 0. The van der Waals surface area contributed by atoms with E-state index < -0.39 is 0 Å². The lowest BCUT2D eigenvalue weighted by Crippen LogP contribution is -2.34. The maximum Gasteiger partial charge on any atom is 0.219 e. The van der Waals surface area contributed by atoms with Gasteiger partial charge in [0, 0.05) is 56.3 Å². The number of aryl methyl sites for hydroxylation is 1. The van der Waals surface area contributed by atoms with Crippen LogP contribution in [0.3, 0.4) is 0 Å². The summed E-state index contributed by atoms with van der Waals surface area (Å²) in [4.78, 5) is 21.5. The molecule has 3 heterocycles. The van der Waals surface area contributed by atoms with E-state index in [0.29, 0.717) is 11.8 Å². The Balaban J connectivity index is 1.55. The summed E-state index contributed by atoms with van der Waals surface area (Å²) in [6.07, 6.45) is 1.91. The van der Waals surface area contributed by atoms with E-state index >= 15 is 0 Å². The maximum atomic E-state index is 12.3. The van der Waals surface area contributed by atoms with Gasteiger partial charge in [-0.05, 0) is 25.3 Å². The van der Waals surface area contributed by atoms with Crippen molar-refractivity contribution in [3.05, 3.63) is 58.9 Å². The van der Waals surface area contributed by atoms with Gasteiger partial charge in [-0.2, -0.15) is 0 Å². The first-order valence-electron chi connectivity index (χ1n) is 10.0. The van der Waals surface area contributed by atoms with Crippen LogP contribution < -0.4 is 4.74 Å². The van der Waals surface area contributed by atoms with Gasteiger partial charge in [0.05, 0.1) is 18.8 Å². The number of carbonyl (C=O) groups excluding carboxylic acids is 1. The second-order valence-electron chi connectivity index (χ2n) is 8.19. The van der Waals surface area contributed by atoms with E-state index in [2.05, 4.69) is 46.0 Å². The molecule has 2 aromatic rings. The molecule has 0 N–H and O–H groups in total. The van der Waals surface area contributed by atoms with Crippen molar-refractivity contribution in [1.29, 1.82) is 0 Å². The van der Waals surface area contributed by atoms with E-state index in [1.165, 1.54) is 5.56 Å². The van der Waals surface area contributed by atoms with E-state index in [1.54, 1.807) is 14.0 Å². The zero-order valence-corrected chi connectivity index (χ0v) is 17.2. The summed E-state index contributed by atoms with van der Waals surface area (Å²) in [5.41, 5.74) is 4.54. The molecular weight excluding hydrogens is 350 g/mol. The number of likely N-dealkylation sites (tertiary alicyclic amines) is 2. The number of pyridine rings is 1. The summed E-state index contributed by atoms with van der Waals surface area (Å²) in [5, 5.41) is 0. The largest absolute Gasteiger partial charge is 0.496 e. The van der Waals surface area contributed by atoms with E-state index in [9.17, 15) is 4.79 Å². The molecule has 0 saturated carbocycles. The first-order chi connectivity index (χ1) is 13.5. The number of rotatable bonds is 4. The van der Waals surface area contributed by atoms with E-state index in [0.717, 1.165) is 48.7 Å². The maximum absolute atomic E-state index is 12.3. The number of aromatic nitrogens is 1. The fraction of sp³-hybridized carbons (Fsp3) is 0.478. The smallest absolute Gasteiger partial charge is 0.219 e. The number of fused-ring (bicyclic) bond motifs is 1. The molecule has 1 amide bonds. The van der Waals surface area contributed by atoms with Crippen molar-refractivity contribution in [2.75, 3.05) is 26.7 Å². The highest BCUT2D eigenvalue weighted by Crippen LogP contribution is 2.45. The number of amides is 1. The van der Waals surface area contributed by atoms with Crippen LogP contribution in [-0.2, 0) is 11.3 Å². The second kappa shape index (κ2) is 7.55. The Morgan fingerprint density at radius 1 is 1.18 bits per heavy atom. The van der Waals surface area contributed by atoms with Gasteiger partial charge in [-0.1, -0.05) is 30.3 Å². The van der Waals surface area contributed by atoms with Crippen LogP contribution in [0.1, 0.15) is 35.3 Å². The molecule has 148 valence electrons. The summed E-state index contributed by atoms with van der Waals surface area (Å²) in [7, 11) is 1.72. The molecule has 0 aliphatic carbocycles. The van der Waals surface area contributed by atoms with Gasteiger partial charge in [-0.25, -0.2) is 0 Å². The number of benzene rings is 1. The molecule has 5 nitrogen and oxygen atoms in total. The quantitative estimate of drug-likeness (QED) is 0.817. The van der Waals surface area contributed by atoms with Gasteiger partial charge in [-0.3, -0.25) is 14.7 Å². The van der Waals surface area contributed by atoms with Crippen LogP contribution in [-0.4, -0.2) is 47.4 Å². The van der Waals surface area contributed by atoms with Gasteiger partial charge in [-0.15, -0.1) is 0 Å². The summed E-state index contributed by atoms with van der Waals surface area (Å²) in [6, 6.07) is 10.7. The predicted molar refractivity (Wildman–Crippen MR) is 109 cm³/mol. The highest BCUT2D eigenvalue weighted by molar-refractivity contribution is 5.74. The Hall–Kier alpha value is -2.40. The molecule has 2 fully saturated rings. The zero-order valence-electron chi connectivity index (χ0n) is 17.2.